The summed E-state index contributed by atoms with van der Waals surface area (Å²) in [7, 11) is -1.17. The quantitative estimate of drug-likeness (QED) is 0.773. The Bertz CT molecular complexity index is 482. The van der Waals surface area contributed by atoms with Crippen molar-refractivity contribution in [3.63, 3.8) is 0 Å². The van der Waals surface area contributed by atoms with E-state index in [0.29, 0.717) is 5.03 Å². The first-order chi connectivity index (χ1) is 7.29. The minimum Gasteiger partial charge on any atom is -0.247 e. The average Bonchev–Trinajstić information content (AvgIpc) is 2.30. The largest absolute Gasteiger partial charge is 0.247 e. The van der Waals surface area contributed by atoms with Crippen molar-refractivity contribution in [3.8, 4) is 0 Å². The Morgan fingerprint density at radius 3 is 2.47 bits per heavy atom. The minimum atomic E-state index is -1.17. The lowest BCUT2D eigenvalue weighted by Gasteiger charge is -2.03. The van der Waals surface area contributed by atoms with Crippen LogP contribution in [0.15, 0.2) is 58.6 Å². The highest BCUT2D eigenvalue weighted by Gasteiger charge is 2.09. The number of aromatic nitrogens is 1. The van der Waals surface area contributed by atoms with Crippen molar-refractivity contribution in [2.24, 2.45) is 0 Å². The summed E-state index contributed by atoms with van der Waals surface area (Å²) in [6.45, 7) is 1.95. The van der Waals surface area contributed by atoms with E-state index < -0.39 is 10.8 Å². The predicted octanol–water partition coefficient (Wildman–Crippen LogP) is 2.56. The molecule has 2 rings (SSSR count). The van der Waals surface area contributed by atoms with Gasteiger partial charge in [-0.1, -0.05) is 24.3 Å². The lowest BCUT2D eigenvalue weighted by Crippen LogP contribution is -1.97. The summed E-state index contributed by atoms with van der Waals surface area (Å²) in [4.78, 5) is 4.93. The van der Waals surface area contributed by atoms with Crippen molar-refractivity contribution in [2.45, 2.75) is 16.8 Å². The molecule has 3 heteroatoms. The van der Waals surface area contributed by atoms with E-state index in [1.54, 1.807) is 12.3 Å². The summed E-state index contributed by atoms with van der Waals surface area (Å²) in [6, 6.07) is 13.1. The molecular weight excluding hydrogens is 206 g/mol. The maximum atomic E-state index is 12.1. The zero-order chi connectivity index (χ0) is 10.7. The van der Waals surface area contributed by atoms with Gasteiger partial charge < -0.3 is 0 Å². The Morgan fingerprint density at radius 1 is 1.07 bits per heavy atom. The van der Waals surface area contributed by atoms with Gasteiger partial charge in [0.15, 0.2) is 0 Å². The highest BCUT2D eigenvalue weighted by molar-refractivity contribution is 7.85. The number of rotatable bonds is 2. The van der Waals surface area contributed by atoms with Gasteiger partial charge in [0.1, 0.15) is 15.8 Å². The lowest BCUT2D eigenvalue weighted by molar-refractivity contribution is 0.680. The van der Waals surface area contributed by atoms with Crippen molar-refractivity contribution < 1.29 is 4.21 Å². The molecule has 0 unspecified atom stereocenters. The third kappa shape index (κ3) is 2.13. The van der Waals surface area contributed by atoms with Gasteiger partial charge in [0.2, 0.25) is 0 Å². The van der Waals surface area contributed by atoms with Crippen LogP contribution in [0.3, 0.4) is 0 Å². The third-order valence-electron chi connectivity index (χ3n) is 2.12. The number of aryl methyl sites for hydroxylation is 1. The molecule has 0 saturated carbocycles. The summed E-state index contributed by atoms with van der Waals surface area (Å²) in [6.07, 6.45) is 1.66. The molecule has 1 atom stereocenters. The molecule has 1 aromatic heterocycles. The van der Waals surface area contributed by atoms with Crippen molar-refractivity contribution in [1.82, 2.24) is 4.98 Å². The maximum absolute atomic E-state index is 12.1. The molecular formula is C12H11NOS. The van der Waals surface area contributed by atoms with E-state index in [-0.39, 0.29) is 0 Å². The molecule has 1 heterocycles. The zero-order valence-corrected chi connectivity index (χ0v) is 9.20. The van der Waals surface area contributed by atoms with Gasteiger partial charge >= 0.3 is 0 Å². The predicted molar refractivity (Wildman–Crippen MR) is 60.1 cm³/mol. The molecule has 15 heavy (non-hydrogen) atoms. The van der Waals surface area contributed by atoms with Crippen molar-refractivity contribution >= 4 is 10.8 Å². The first kappa shape index (κ1) is 10.1. The minimum absolute atomic E-state index is 0.604. The van der Waals surface area contributed by atoms with Crippen LogP contribution in [0.2, 0.25) is 0 Å². The Hall–Kier alpha value is -1.48. The van der Waals surface area contributed by atoms with Gasteiger partial charge in [-0.2, -0.15) is 0 Å². The van der Waals surface area contributed by atoms with Gasteiger partial charge in [0.25, 0.3) is 0 Å². The van der Waals surface area contributed by atoms with Crippen molar-refractivity contribution in [1.29, 1.82) is 0 Å². The van der Waals surface area contributed by atoms with Gasteiger partial charge in [-0.05, 0) is 30.7 Å². The fourth-order valence-electron chi connectivity index (χ4n) is 1.33. The van der Waals surface area contributed by atoms with Crippen molar-refractivity contribution in [2.75, 3.05) is 0 Å². The monoisotopic (exact) mass is 217 g/mol. The van der Waals surface area contributed by atoms with Crippen LogP contribution in [-0.2, 0) is 10.8 Å². The van der Waals surface area contributed by atoms with Crippen LogP contribution in [0.4, 0.5) is 0 Å². The Labute approximate surface area is 91.4 Å². The van der Waals surface area contributed by atoms with E-state index in [2.05, 4.69) is 4.98 Å². The number of nitrogens with zero attached hydrogens (tertiary/aromatic N) is 1. The van der Waals surface area contributed by atoms with Crippen LogP contribution in [-0.4, -0.2) is 9.19 Å². The average molecular weight is 217 g/mol. The molecule has 0 spiro atoms. The van der Waals surface area contributed by atoms with E-state index in [9.17, 15) is 4.21 Å². The van der Waals surface area contributed by atoms with E-state index in [0.717, 1.165) is 10.5 Å². The van der Waals surface area contributed by atoms with Gasteiger partial charge in [0, 0.05) is 11.1 Å². The molecule has 0 aliphatic heterocycles. The second kappa shape index (κ2) is 4.36. The van der Waals surface area contributed by atoms with Crippen LogP contribution in [0.5, 0.6) is 0 Å². The highest BCUT2D eigenvalue weighted by atomic mass is 32.2. The molecule has 0 N–H and O–H groups in total. The summed E-state index contributed by atoms with van der Waals surface area (Å²) in [5, 5.41) is 0.604. The molecule has 2 nitrogen and oxygen atoms in total. The summed E-state index contributed by atoms with van der Waals surface area (Å²) < 4.78 is 12.1. The second-order valence-corrected chi connectivity index (χ2v) is 4.60. The number of hydrogen-bond donors (Lipinski definition) is 0. The molecule has 0 amide bonds. The molecule has 0 saturated heterocycles. The van der Waals surface area contributed by atoms with E-state index in [1.165, 1.54) is 0 Å². The van der Waals surface area contributed by atoms with Crippen LogP contribution in [0.25, 0.3) is 0 Å². The Morgan fingerprint density at radius 2 is 1.80 bits per heavy atom. The summed E-state index contributed by atoms with van der Waals surface area (Å²) in [5.74, 6) is 0. The number of benzene rings is 1. The Balaban J connectivity index is 2.42. The molecule has 76 valence electrons. The number of pyridine rings is 1. The van der Waals surface area contributed by atoms with Crippen molar-refractivity contribution in [3.05, 3.63) is 54.2 Å². The highest BCUT2D eigenvalue weighted by Crippen LogP contribution is 2.17. The summed E-state index contributed by atoms with van der Waals surface area (Å²) >= 11 is 0. The zero-order valence-electron chi connectivity index (χ0n) is 8.38. The number of hydrogen-bond acceptors (Lipinski definition) is 2. The van der Waals surface area contributed by atoms with Gasteiger partial charge in [0.05, 0.1) is 0 Å². The topological polar surface area (TPSA) is 30.0 Å². The van der Waals surface area contributed by atoms with Gasteiger partial charge in [-0.3, -0.25) is 0 Å². The van der Waals surface area contributed by atoms with E-state index in [1.807, 2.05) is 43.3 Å². The molecule has 0 aliphatic carbocycles. The molecule has 2 aromatic rings. The fraction of sp³-hybridized carbons (Fsp3) is 0.0833. The van der Waals surface area contributed by atoms with E-state index >= 15 is 0 Å². The second-order valence-electron chi connectivity index (χ2n) is 3.20. The SMILES string of the molecule is Cc1ccccc1[S@](=O)c1ccccn1. The van der Waals surface area contributed by atoms with Gasteiger partial charge in [-0.15, -0.1) is 0 Å². The third-order valence-corrected chi connectivity index (χ3v) is 3.60. The van der Waals surface area contributed by atoms with Crippen LogP contribution >= 0.6 is 0 Å². The normalized spacial score (nSPS) is 12.3. The van der Waals surface area contributed by atoms with Crippen LogP contribution in [0, 0.1) is 6.92 Å². The molecule has 0 radical (unpaired) electrons. The first-order valence-corrected chi connectivity index (χ1v) is 5.82. The summed E-state index contributed by atoms with van der Waals surface area (Å²) in [5.41, 5.74) is 1.03. The molecule has 1 aromatic carbocycles. The molecule has 0 bridgehead atoms. The molecule has 0 aliphatic rings. The van der Waals surface area contributed by atoms with E-state index in [4.69, 9.17) is 0 Å². The fourth-order valence-corrected chi connectivity index (χ4v) is 2.48. The maximum Gasteiger partial charge on any atom is 0.132 e. The lowest BCUT2D eigenvalue weighted by atomic mass is 10.2. The Kier molecular flexibility index (Phi) is 2.92. The van der Waals surface area contributed by atoms with Gasteiger partial charge in [-0.25, -0.2) is 9.19 Å². The first-order valence-electron chi connectivity index (χ1n) is 4.67. The van der Waals surface area contributed by atoms with Crippen LogP contribution in [0.1, 0.15) is 5.56 Å². The standard InChI is InChI=1S/C12H11NOS/c1-10-6-2-3-7-11(10)15(14)12-8-4-5-9-13-12/h2-9H,1H3/t15-/m0/s1. The smallest absolute Gasteiger partial charge is 0.132 e. The molecule has 0 fully saturated rings. The van der Waals surface area contributed by atoms with Crippen LogP contribution < -0.4 is 0 Å².